The summed E-state index contributed by atoms with van der Waals surface area (Å²) in [6.07, 6.45) is 7.47. The summed E-state index contributed by atoms with van der Waals surface area (Å²) in [5.74, 6) is 0. The highest BCUT2D eigenvalue weighted by atomic mass is 32.2. The van der Waals surface area contributed by atoms with Gasteiger partial charge >= 0.3 is 0 Å². The number of nitro groups is 1. The Kier molecular flexibility index (Phi) is 5.33. The van der Waals surface area contributed by atoms with Crippen LogP contribution in [0.5, 0.6) is 0 Å². The van der Waals surface area contributed by atoms with E-state index in [1.807, 2.05) is 11.8 Å². The van der Waals surface area contributed by atoms with Crippen molar-refractivity contribution in [1.82, 2.24) is 0 Å². The Morgan fingerprint density at radius 2 is 2.09 bits per heavy atom. The molecule has 2 rings (SSSR count). The van der Waals surface area contributed by atoms with Crippen molar-refractivity contribution in [1.29, 1.82) is 0 Å². The van der Waals surface area contributed by atoms with Crippen molar-refractivity contribution < 1.29 is 13.3 Å². The van der Waals surface area contributed by atoms with Crippen molar-refractivity contribution in [2.75, 3.05) is 17.8 Å². The van der Waals surface area contributed by atoms with Crippen molar-refractivity contribution in [3.8, 4) is 0 Å². The topological polar surface area (TPSA) is 89.3 Å². The van der Waals surface area contributed by atoms with Crippen LogP contribution in [0.4, 0.5) is 11.4 Å². The molecule has 0 radical (unpaired) electrons. The lowest BCUT2D eigenvalue weighted by Gasteiger charge is -2.29. The van der Waals surface area contributed by atoms with Crippen LogP contribution in [0.25, 0.3) is 0 Å². The van der Waals surface area contributed by atoms with E-state index in [0.29, 0.717) is 10.9 Å². The monoisotopic (exact) mass is 344 g/mol. The van der Waals surface area contributed by atoms with Gasteiger partial charge in [-0.2, -0.15) is 11.8 Å². The predicted octanol–water partition coefficient (Wildman–Crippen LogP) is 3.08. The molecule has 1 aliphatic carbocycles. The smallest absolute Gasteiger partial charge is 0.288 e. The van der Waals surface area contributed by atoms with Crippen molar-refractivity contribution in [3.05, 3.63) is 28.3 Å². The molecule has 8 heteroatoms. The van der Waals surface area contributed by atoms with Crippen LogP contribution in [-0.2, 0) is 9.84 Å². The summed E-state index contributed by atoms with van der Waals surface area (Å²) in [7, 11) is -3.64. The molecule has 1 aromatic carbocycles. The third kappa shape index (κ3) is 4.13. The highest BCUT2D eigenvalue weighted by molar-refractivity contribution is 7.99. The molecule has 122 valence electrons. The van der Waals surface area contributed by atoms with Crippen LogP contribution in [0.15, 0.2) is 23.1 Å². The lowest BCUT2D eigenvalue weighted by atomic mass is 9.95. The van der Waals surface area contributed by atoms with Crippen molar-refractivity contribution >= 4 is 33.0 Å². The normalized spacial score (nSPS) is 22.3. The summed E-state index contributed by atoms with van der Waals surface area (Å²) in [6, 6.07) is 4.49. The van der Waals surface area contributed by atoms with E-state index in [9.17, 15) is 18.5 Å². The number of benzene rings is 1. The number of thioether (sulfide) groups is 1. The Morgan fingerprint density at radius 3 is 2.68 bits per heavy atom. The standard InChI is InChI=1S/C14H20N2O4S2/c1-21-12-5-3-4-10(8-12)15-11-6-7-13(16(17)18)14(9-11)22(2,19)20/h6-7,9-10,12,15H,3-5,8H2,1-2H3. The molecule has 0 aromatic heterocycles. The van der Waals surface area contributed by atoms with Crippen LogP contribution < -0.4 is 5.32 Å². The molecule has 22 heavy (non-hydrogen) atoms. The Morgan fingerprint density at radius 1 is 1.36 bits per heavy atom. The van der Waals surface area contributed by atoms with Crippen LogP contribution in [0.3, 0.4) is 0 Å². The summed E-state index contributed by atoms with van der Waals surface area (Å²) in [4.78, 5) is 10.1. The van der Waals surface area contributed by atoms with E-state index < -0.39 is 14.8 Å². The predicted molar refractivity (Wildman–Crippen MR) is 89.4 cm³/mol. The fraction of sp³-hybridized carbons (Fsp3) is 0.571. The van der Waals surface area contributed by atoms with Gasteiger partial charge in [0, 0.05) is 29.3 Å². The molecule has 6 nitrogen and oxygen atoms in total. The van der Waals surface area contributed by atoms with Gasteiger partial charge in [-0.05, 0) is 37.7 Å². The first kappa shape index (κ1) is 17.1. The number of sulfone groups is 1. The molecule has 0 amide bonds. The third-order valence-electron chi connectivity index (χ3n) is 3.89. The molecule has 2 unspecified atom stereocenters. The summed E-state index contributed by atoms with van der Waals surface area (Å²) in [5, 5.41) is 14.9. The van der Waals surface area contributed by atoms with Crippen molar-refractivity contribution in [2.45, 2.75) is 41.9 Å². The Bertz CT molecular complexity index is 661. The number of anilines is 1. The molecule has 0 aliphatic heterocycles. The first-order valence-corrected chi connectivity index (χ1v) is 10.3. The van der Waals surface area contributed by atoms with E-state index >= 15 is 0 Å². The maximum absolute atomic E-state index is 11.8. The molecule has 0 heterocycles. The van der Waals surface area contributed by atoms with Gasteiger partial charge in [0.05, 0.1) is 4.92 Å². The largest absolute Gasteiger partial charge is 0.382 e. The zero-order chi connectivity index (χ0) is 16.3. The molecule has 1 aromatic rings. The van der Waals surface area contributed by atoms with E-state index in [4.69, 9.17) is 0 Å². The second-order valence-corrected chi connectivity index (χ2v) is 8.70. The SMILES string of the molecule is CSC1CCCC(Nc2ccc([N+](=O)[O-])c(S(C)(=O)=O)c2)C1. The van der Waals surface area contributed by atoms with Crippen molar-refractivity contribution in [3.63, 3.8) is 0 Å². The molecule has 1 aliphatic rings. The Hall–Kier alpha value is -1.28. The summed E-state index contributed by atoms with van der Waals surface area (Å²) >= 11 is 1.85. The quantitative estimate of drug-likeness (QED) is 0.652. The van der Waals surface area contributed by atoms with Crippen LogP contribution in [0.1, 0.15) is 25.7 Å². The number of nitrogens with one attached hydrogen (secondary N) is 1. The van der Waals surface area contributed by atoms with Gasteiger partial charge < -0.3 is 5.32 Å². The maximum atomic E-state index is 11.8. The number of hydrogen-bond acceptors (Lipinski definition) is 6. The summed E-state index contributed by atoms with van der Waals surface area (Å²) in [5.41, 5.74) is 0.247. The second-order valence-electron chi connectivity index (χ2n) is 5.58. The van der Waals surface area contributed by atoms with E-state index in [2.05, 4.69) is 11.6 Å². The van der Waals surface area contributed by atoms with E-state index in [1.54, 1.807) is 6.07 Å². The molecular formula is C14H20N2O4S2. The molecule has 2 atom stereocenters. The van der Waals surface area contributed by atoms with Gasteiger partial charge in [0.1, 0.15) is 4.90 Å². The molecular weight excluding hydrogens is 324 g/mol. The molecule has 0 spiro atoms. The first-order chi connectivity index (χ1) is 10.3. The van der Waals surface area contributed by atoms with Gasteiger partial charge in [-0.1, -0.05) is 6.42 Å². The average Bonchev–Trinajstić information content (AvgIpc) is 2.46. The van der Waals surface area contributed by atoms with Gasteiger partial charge in [-0.15, -0.1) is 0 Å². The highest BCUT2D eigenvalue weighted by Gasteiger charge is 2.25. The minimum absolute atomic E-state index is 0.236. The molecule has 1 N–H and O–H groups in total. The first-order valence-electron chi connectivity index (χ1n) is 7.09. The number of rotatable bonds is 5. The van der Waals surface area contributed by atoms with Crippen LogP contribution in [0.2, 0.25) is 0 Å². The summed E-state index contributed by atoms with van der Waals surface area (Å²) < 4.78 is 23.5. The minimum Gasteiger partial charge on any atom is -0.382 e. The Balaban J connectivity index is 2.24. The second kappa shape index (κ2) is 6.87. The number of nitro benzene ring substituents is 1. The molecule has 0 bridgehead atoms. The number of nitrogens with zero attached hydrogens (tertiary/aromatic N) is 1. The molecule has 1 fully saturated rings. The van der Waals surface area contributed by atoms with E-state index in [-0.39, 0.29) is 16.6 Å². The van der Waals surface area contributed by atoms with Crippen LogP contribution >= 0.6 is 11.8 Å². The lowest BCUT2D eigenvalue weighted by molar-refractivity contribution is -0.387. The highest BCUT2D eigenvalue weighted by Crippen LogP contribution is 2.31. The molecule has 1 saturated carbocycles. The maximum Gasteiger partial charge on any atom is 0.288 e. The fourth-order valence-electron chi connectivity index (χ4n) is 2.78. The minimum atomic E-state index is -3.64. The average molecular weight is 344 g/mol. The van der Waals surface area contributed by atoms with E-state index in [1.165, 1.54) is 18.6 Å². The lowest BCUT2D eigenvalue weighted by Crippen LogP contribution is -2.28. The number of hydrogen-bond donors (Lipinski definition) is 1. The van der Waals surface area contributed by atoms with Gasteiger partial charge in [0.25, 0.3) is 5.69 Å². The van der Waals surface area contributed by atoms with Crippen molar-refractivity contribution in [2.24, 2.45) is 0 Å². The van der Waals surface area contributed by atoms with Gasteiger partial charge in [0.2, 0.25) is 0 Å². The van der Waals surface area contributed by atoms with Crippen LogP contribution in [-0.4, -0.2) is 37.1 Å². The van der Waals surface area contributed by atoms with Crippen LogP contribution in [0, 0.1) is 10.1 Å². The van der Waals surface area contributed by atoms with E-state index in [0.717, 1.165) is 25.5 Å². The zero-order valence-corrected chi connectivity index (χ0v) is 14.2. The van der Waals surface area contributed by atoms with Gasteiger partial charge in [-0.3, -0.25) is 10.1 Å². The van der Waals surface area contributed by atoms with Gasteiger partial charge in [0.15, 0.2) is 9.84 Å². The molecule has 0 saturated heterocycles. The Labute approximate surface area is 134 Å². The third-order valence-corrected chi connectivity index (χ3v) is 6.11. The summed E-state index contributed by atoms with van der Waals surface area (Å²) in [6.45, 7) is 0. The zero-order valence-electron chi connectivity index (χ0n) is 12.6. The van der Waals surface area contributed by atoms with Gasteiger partial charge in [-0.25, -0.2) is 8.42 Å². The fourth-order valence-corrected chi connectivity index (χ4v) is 4.47.